The van der Waals surface area contributed by atoms with Gasteiger partial charge in [-0.15, -0.1) is 0 Å². The Morgan fingerprint density at radius 2 is 1.95 bits per heavy atom. The summed E-state index contributed by atoms with van der Waals surface area (Å²) in [4.78, 5) is -0.566. The molecule has 2 atom stereocenters. The van der Waals surface area contributed by atoms with Crippen molar-refractivity contribution in [2.24, 2.45) is 5.73 Å². The Bertz CT molecular complexity index is 660. The van der Waals surface area contributed by atoms with Crippen LogP contribution in [0.1, 0.15) is 25.3 Å². The molecule has 0 aliphatic carbocycles. The fraction of sp³-hybridized carbons (Fsp3) is 0.538. The van der Waals surface area contributed by atoms with Crippen LogP contribution in [0, 0.1) is 5.82 Å². The van der Waals surface area contributed by atoms with Crippen molar-refractivity contribution in [1.82, 2.24) is 4.31 Å². The number of sulfonamides is 1. The van der Waals surface area contributed by atoms with E-state index in [1.165, 1.54) is 0 Å². The molecule has 0 radical (unpaired) electrons. The van der Waals surface area contributed by atoms with E-state index in [2.05, 4.69) is 0 Å². The van der Waals surface area contributed by atoms with Gasteiger partial charge in [-0.2, -0.15) is 17.5 Å². The normalized spacial score (nSPS) is 24.5. The summed E-state index contributed by atoms with van der Waals surface area (Å²) in [5.74, 6) is -1.50. The largest absolute Gasteiger partial charge is 0.419 e. The number of hydrogen-bond acceptors (Lipinski definition) is 3. The Morgan fingerprint density at radius 1 is 1.32 bits per heavy atom. The first-order valence-electron chi connectivity index (χ1n) is 6.67. The standard InChI is InChI=1S/C13H16F4N2O2S/c1-8-6-9(18)4-5-19(8)22(20,21)10-2-3-12(14)11(7-10)13(15,16)17/h2-3,7-9H,4-6,18H2,1H3/t8-,9-/m0/s1. The number of alkyl halides is 3. The van der Waals surface area contributed by atoms with E-state index in [0.717, 1.165) is 10.4 Å². The first kappa shape index (κ1) is 17.2. The van der Waals surface area contributed by atoms with Crippen LogP contribution in [0.2, 0.25) is 0 Å². The average molecular weight is 340 g/mol. The molecule has 1 aliphatic heterocycles. The maximum Gasteiger partial charge on any atom is 0.419 e. The Kier molecular flexibility index (Phi) is 4.51. The number of halogens is 4. The van der Waals surface area contributed by atoms with Crippen LogP contribution in [0.5, 0.6) is 0 Å². The van der Waals surface area contributed by atoms with E-state index in [1.807, 2.05) is 0 Å². The fourth-order valence-corrected chi connectivity index (χ4v) is 4.24. The molecule has 9 heteroatoms. The summed E-state index contributed by atoms with van der Waals surface area (Å²) in [7, 11) is -4.12. The van der Waals surface area contributed by atoms with Gasteiger partial charge in [0.2, 0.25) is 10.0 Å². The van der Waals surface area contributed by atoms with Gasteiger partial charge in [0, 0.05) is 18.6 Å². The molecule has 1 aromatic rings. The summed E-state index contributed by atoms with van der Waals surface area (Å²) >= 11 is 0. The number of nitrogens with zero attached hydrogens (tertiary/aromatic N) is 1. The minimum atomic E-state index is -4.95. The molecule has 2 rings (SSSR count). The van der Waals surface area contributed by atoms with E-state index < -0.39 is 38.5 Å². The molecule has 22 heavy (non-hydrogen) atoms. The first-order chi connectivity index (χ1) is 10.0. The molecule has 1 saturated heterocycles. The van der Waals surface area contributed by atoms with Crippen LogP contribution in [0.25, 0.3) is 0 Å². The van der Waals surface area contributed by atoms with Gasteiger partial charge in [0.05, 0.1) is 10.5 Å². The van der Waals surface area contributed by atoms with Crippen molar-refractivity contribution in [2.45, 2.75) is 42.9 Å². The number of nitrogens with two attached hydrogens (primary N) is 1. The Hall–Kier alpha value is -1.19. The molecule has 0 aromatic heterocycles. The van der Waals surface area contributed by atoms with E-state index >= 15 is 0 Å². The summed E-state index contributed by atoms with van der Waals surface area (Å²) in [6.45, 7) is 1.77. The zero-order valence-corrected chi connectivity index (χ0v) is 12.6. The third-order valence-electron chi connectivity index (χ3n) is 3.71. The number of piperidine rings is 1. The van der Waals surface area contributed by atoms with Gasteiger partial charge in [0.25, 0.3) is 0 Å². The summed E-state index contributed by atoms with van der Waals surface area (Å²) < 4.78 is 77.5. The monoisotopic (exact) mass is 340 g/mol. The van der Waals surface area contributed by atoms with Gasteiger partial charge in [-0.1, -0.05) is 0 Å². The zero-order chi connectivity index (χ0) is 16.7. The third-order valence-corrected chi connectivity index (χ3v) is 5.72. The molecule has 1 heterocycles. The van der Waals surface area contributed by atoms with Crippen LogP contribution >= 0.6 is 0 Å². The molecule has 1 aromatic carbocycles. The lowest BCUT2D eigenvalue weighted by atomic mass is 10.0. The van der Waals surface area contributed by atoms with Crippen LogP contribution in [-0.2, 0) is 16.2 Å². The highest BCUT2D eigenvalue weighted by Crippen LogP contribution is 2.34. The maximum atomic E-state index is 13.3. The molecular weight excluding hydrogens is 324 g/mol. The lowest BCUT2D eigenvalue weighted by Crippen LogP contribution is -2.48. The molecule has 0 amide bonds. The van der Waals surface area contributed by atoms with Crippen LogP contribution in [0.15, 0.2) is 23.1 Å². The molecule has 0 bridgehead atoms. The molecule has 2 N–H and O–H groups in total. The molecule has 1 aliphatic rings. The SMILES string of the molecule is C[C@H]1C[C@@H](N)CCN1S(=O)(=O)c1ccc(F)c(C(F)(F)F)c1. The van der Waals surface area contributed by atoms with Crippen molar-refractivity contribution in [3.8, 4) is 0 Å². The Morgan fingerprint density at radius 3 is 2.50 bits per heavy atom. The molecule has 1 fully saturated rings. The summed E-state index contributed by atoms with van der Waals surface area (Å²) in [6.07, 6.45) is -4.10. The summed E-state index contributed by atoms with van der Waals surface area (Å²) in [6, 6.07) is 1.15. The van der Waals surface area contributed by atoms with Crippen molar-refractivity contribution in [3.63, 3.8) is 0 Å². The lowest BCUT2D eigenvalue weighted by Gasteiger charge is -2.35. The Balaban J connectivity index is 2.42. The lowest BCUT2D eigenvalue weighted by molar-refractivity contribution is -0.140. The van der Waals surface area contributed by atoms with E-state index in [0.29, 0.717) is 25.0 Å². The van der Waals surface area contributed by atoms with Crippen molar-refractivity contribution in [1.29, 1.82) is 0 Å². The quantitative estimate of drug-likeness (QED) is 0.841. The number of benzene rings is 1. The van der Waals surface area contributed by atoms with Crippen molar-refractivity contribution in [3.05, 3.63) is 29.6 Å². The van der Waals surface area contributed by atoms with Crippen molar-refractivity contribution in [2.75, 3.05) is 6.54 Å². The number of hydrogen-bond donors (Lipinski definition) is 1. The summed E-state index contributed by atoms with van der Waals surface area (Å²) in [5, 5.41) is 0. The van der Waals surface area contributed by atoms with E-state index in [4.69, 9.17) is 5.73 Å². The molecule has 124 valence electrons. The predicted octanol–water partition coefficient (Wildman–Crippen LogP) is 2.34. The minimum absolute atomic E-state index is 0.128. The van der Waals surface area contributed by atoms with E-state index in [-0.39, 0.29) is 12.6 Å². The second kappa shape index (κ2) is 5.78. The van der Waals surface area contributed by atoms with Gasteiger partial charge >= 0.3 is 6.18 Å². The smallest absolute Gasteiger partial charge is 0.328 e. The van der Waals surface area contributed by atoms with Gasteiger partial charge < -0.3 is 5.73 Å². The molecule has 0 unspecified atom stereocenters. The molecule has 0 saturated carbocycles. The topological polar surface area (TPSA) is 63.4 Å². The predicted molar refractivity (Wildman–Crippen MR) is 72.0 cm³/mol. The molecular formula is C13H16F4N2O2S. The fourth-order valence-electron chi connectivity index (χ4n) is 2.56. The van der Waals surface area contributed by atoms with Crippen LogP contribution < -0.4 is 5.73 Å². The highest BCUT2D eigenvalue weighted by Gasteiger charge is 2.38. The molecule has 0 spiro atoms. The van der Waals surface area contributed by atoms with Crippen molar-refractivity contribution >= 4 is 10.0 Å². The van der Waals surface area contributed by atoms with Crippen LogP contribution in [0.3, 0.4) is 0 Å². The van der Waals surface area contributed by atoms with E-state index in [9.17, 15) is 26.0 Å². The van der Waals surface area contributed by atoms with Crippen LogP contribution in [0.4, 0.5) is 17.6 Å². The molecule has 4 nitrogen and oxygen atoms in total. The Labute approximate surface area is 126 Å². The minimum Gasteiger partial charge on any atom is -0.328 e. The third kappa shape index (κ3) is 3.26. The second-order valence-electron chi connectivity index (χ2n) is 5.39. The van der Waals surface area contributed by atoms with Crippen LogP contribution in [-0.4, -0.2) is 31.4 Å². The summed E-state index contributed by atoms with van der Waals surface area (Å²) in [5.41, 5.74) is 4.16. The average Bonchev–Trinajstić information content (AvgIpc) is 2.36. The zero-order valence-electron chi connectivity index (χ0n) is 11.8. The first-order valence-corrected chi connectivity index (χ1v) is 8.11. The number of rotatable bonds is 2. The highest BCUT2D eigenvalue weighted by molar-refractivity contribution is 7.89. The highest BCUT2D eigenvalue weighted by atomic mass is 32.2. The van der Waals surface area contributed by atoms with Gasteiger partial charge in [-0.05, 0) is 38.0 Å². The van der Waals surface area contributed by atoms with Crippen molar-refractivity contribution < 1.29 is 26.0 Å². The van der Waals surface area contributed by atoms with Gasteiger partial charge in [-0.25, -0.2) is 12.8 Å². The van der Waals surface area contributed by atoms with Gasteiger partial charge in [0.15, 0.2) is 0 Å². The van der Waals surface area contributed by atoms with E-state index in [1.54, 1.807) is 6.92 Å². The van der Waals surface area contributed by atoms with Gasteiger partial charge in [0.1, 0.15) is 5.82 Å². The van der Waals surface area contributed by atoms with Gasteiger partial charge in [-0.3, -0.25) is 0 Å². The maximum absolute atomic E-state index is 13.3. The second-order valence-corrected chi connectivity index (χ2v) is 7.28.